The van der Waals surface area contributed by atoms with Gasteiger partial charge in [-0.25, -0.2) is 8.42 Å². The second-order valence-corrected chi connectivity index (χ2v) is 5.76. The molecule has 16 heavy (non-hydrogen) atoms. The van der Waals surface area contributed by atoms with E-state index in [9.17, 15) is 8.42 Å². The molecule has 0 radical (unpaired) electrons. The smallest absolute Gasteiger partial charge is 0.175 e. The molecule has 0 aliphatic carbocycles. The Bertz CT molecular complexity index is 494. The van der Waals surface area contributed by atoms with Gasteiger partial charge in [0.2, 0.25) is 0 Å². The maximum atomic E-state index is 11.3. The molecule has 6 heteroatoms. The number of ether oxygens (including phenoxy) is 2. The summed E-state index contributed by atoms with van der Waals surface area (Å²) in [7, 11) is -3.22. The highest BCUT2D eigenvalue weighted by Gasteiger charge is 2.21. The van der Waals surface area contributed by atoms with Crippen LogP contribution in [0.25, 0.3) is 0 Å². The monoisotopic (exact) mass is 243 g/mol. The van der Waals surface area contributed by atoms with Gasteiger partial charge < -0.3 is 15.2 Å². The summed E-state index contributed by atoms with van der Waals surface area (Å²) < 4.78 is 33.0. The number of sulfone groups is 1. The van der Waals surface area contributed by atoms with Crippen molar-refractivity contribution in [1.29, 1.82) is 0 Å². The third-order valence-corrected chi connectivity index (χ3v) is 3.42. The van der Waals surface area contributed by atoms with Gasteiger partial charge in [-0.2, -0.15) is 0 Å². The molecule has 1 fully saturated rings. The number of benzene rings is 1. The van der Waals surface area contributed by atoms with Crippen LogP contribution >= 0.6 is 0 Å². The molecule has 1 saturated heterocycles. The maximum Gasteiger partial charge on any atom is 0.175 e. The highest BCUT2D eigenvalue weighted by atomic mass is 32.2. The predicted molar refractivity (Wildman–Crippen MR) is 59.2 cm³/mol. The zero-order valence-electron chi connectivity index (χ0n) is 8.84. The fourth-order valence-electron chi connectivity index (χ4n) is 1.33. The van der Waals surface area contributed by atoms with Crippen molar-refractivity contribution in [2.24, 2.45) is 0 Å². The zero-order valence-corrected chi connectivity index (χ0v) is 9.66. The normalized spacial score (nSPS) is 16.8. The predicted octanol–water partition coefficient (Wildman–Crippen LogP) is 0.450. The van der Waals surface area contributed by atoms with Crippen molar-refractivity contribution in [3.63, 3.8) is 0 Å². The van der Waals surface area contributed by atoms with E-state index in [1.165, 1.54) is 12.1 Å². The summed E-state index contributed by atoms with van der Waals surface area (Å²) in [5, 5.41) is 0. The van der Waals surface area contributed by atoms with Crippen molar-refractivity contribution in [2.45, 2.75) is 11.0 Å². The third kappa shape index (κ3) is 2.28. The maximum absolute atomic E-state index is 11.3. The number of hydrogen-bond donors (Lipinski definition) is 1. The molecule has 0 bridgehead atoms. The molecule has 0 unspecified atom stereocenters. The average Bonchev–Trinajstić information content (AvgIpc) is 2.11. The van der Waals surface area contributed by atoms with Gasteiger partial charge in [-0.05, 0) is 18.2 Å². The molecule has 0 amide bonds. The minimum Gasteiger partial charge on any atom is -0.483 e. The van der Waals surface area contributed by atoms with E-state index in [0.717, 1.165) is 6.26 Å². The minimum absolute atomic E-state index is 0.0198. The Hall–Kier alpha value is -1.27. The van der Waals surface area contributed by atoms with Crippen molar-refractivity contribution in [3.05, 3.63) is 18.2 Å². The highest BCUT2D eigenvalue weighted by Crippen LogP contribution is 2.26. The molecule has 0 atom stereocenters. The molecule has 1 heterocycles. The van der Waals surface area contributed by atoms with E-state index in [0.29, 0.717) is 24.7 Å². The van der Waals surface area contributed by atoms with Gasteiger partial charge in [0.1, 0.15) is 11.9 Å². The largest absolute Gasteiger partial charge is 0.483 e. The molecule has 0 aromatic heterocycles. The first kappa shape index (κ1) is 11.2. The van der Waals surface area contributed by atoms with Crippen LogP contribution in [0.3, 0.4) is 0 Å². The first-order valence-corrected chi connectivity index (χ1v) is 6.70. The molecular weight excluding hydrogens is 230 g/mol. The van der Waals surface area contributed by atoms with E-state index >= 15 is 0 Å². The average molecular weight is 243 g/mol. The van der Waals surface area contributed by atoms with E-state index in [1.54, 1.807) is 6.07 Å². The lowest BCUT2D eigenvalue weighted by Gasteiger charge is -2.27. The number of hydrogen-bond acceptors (Lipinski definition) is 5. The zero-order chi connectivity index (χ0) is 11.8. The van der Waals surface area contributed by atoms with Crippen molar-refractivity contribution < 1.29 is 17.9 Å². The quantitative estimate of drug-likeness (QED) is 0.780. The van der Waals surface area contributed by atoms with E-state index in [-0.39, 0.29) is 11.0 Å². The number of nitrogens with two attached hydrogens (primary N) is 1. The summed E-state index contributed by atoms with van der Waals surface area (Å²) >= 11 is 0. The molecule has 88 valence electrons. The lowest BCUT2D eigenvalue weighted by atomic mass is 10.2. The fourth-order valence-corrected chi connectivity index (χ4v) is 1.98. The first-order chi connectivity index (χ1) is 7.47. The molecule has 1 aliphatic rings. The van der Waals surface area contributed by atoms with E-state index in [1.807, 2.05) is 0 Å². The van der Waals surface area contributed by atoms with Crippen LogP contribution in [0, 0.1) is 0 Å². The van der Waals surface area contributed by atoms with Gasteiger partial charge in [-0.15, -0.1) is 0 Å². The van der Waals surface area contributed by atoms with Gasteiger partial charge in [0.25, 0.3) is 0 Å². The van der Waals surface area contributed by atoms with Crippen LogP contribution in [0.5, 0.6) is 5.75 Å². The fraction of sp³-hybridized carbons (Fsp3) is 0.400. The van der Waals surface area contributed by atoms with Gasteiger partial charge in [0.15, 0.2) is 9.84 Å². The lowest BCUT2D eigenvalue weighted by Crippen LogP contribution is -2.38. The SMILES string of the molecule is CS(=O)(=O)c1ccc(OC2COC2)c(N)c1. The van der Waals surface area contributed by atoms with Crippen molar-refractivity contribution in [1.82, 2.24) is 0 Å². The first-order valence-electron chi connectivity index (χ1n) is 4.81. The summed E-state index contributed by atoms with van der Waals surface area (Å²) in [6, 6.07) is 4.47. The number of anilines is 1. The Balaban J connectivity index is 2.22. The van der Waals surface area contributed by atoms with Gasteiger partial charge in [-0.3, -0.25) is 0 Å². The van der Waals surface area contributed by atoms with Gasteiger partial charge in [0, 0.05) is 6.26 Å². The Morgan fingerprint density at radius 1 is 1.44 bits per heavy atom. The topological polar surface area (TPSA) is 78.6 Å². The van der Waals surface area contributed by atoms with E-state index in [4.69, 9.17) is 15.2 Å². The molecule has 2 N–H and O–H groups in total. The summed E-state index contributed by atoms with van der Waals surface area (Å²) in [5.41, 5.74) is 6.04. The number of nitrogen functional groups attached to an aromatic ring is 1. The van der Waals surface area contributed by atoms with Gasteiger partial charge in [0.05, 0.1) is 23.8 Å². The summed E-state index contributed by atoms with van der Waals surface area (Å²) in [4.78, 5) is 0.196. The third-order valence-electron chi connectivity index (χ3n) is 2.31. The number of rotatable bonds is 3. The van der Waals surface area contributed by atoms with Crippen LogP contribution in [0.2, 0.25) is 0 Å². The minimum atomic E-state index is -3.22. The van der Waals surface area contributed by atoms with Crippen LogP contribution < -0.4 is 10.5 Å². The second kappa shape index (κ2) is 3.95. The Morgan fingerprint density at radius 3 is 2.56 bits per heavy atom. The van der Waals surface area contributed by atoms with Crippen molar-refractivity contribution >= 4 is 15.5 Å². The summed E-state index contributed by atoms with van der Waals surface area (Å²) in [5.74, 6) is 0.501. The molecule has 2 rings (SSSR count). The van der Waals surface area contributed by atoms with Crippen LogP contribution in [-0.2, 0) is 14.6 Å². The second-order valence-electron chi connectivity index (χ2n) is 3.75. The van der Waals surface area contributed by atoms with E-state index < -0.39 is 9.84 Å². The molecule has 1 aromatic carbocycles. The lowest BCUT2D eigenvalue weighted by molar-refractivity contribution is -0.0794. The Kier molecular flexibility index (Phi) is 2.77. The van der Waals surface area contributed by atoms with E-state index in [2.05, 4.69) is 0 Å². The molecule has 1 aliphatic heterocycles. The van der Waals surface area contributed by atoms with Crippen LogP contribution in [0.4, 0.5) is 5.69 Å². The van der Waals surface area contributed by atoms with Gasteiger partial charge >= 0.3 is 0 Å². The standard InChI is InChI=1S/C10H13NO4S/c1-16(12,13)8-2-3-10(9(11)4-8)15-7-5-14-6-7/h2-4,7H,5-6,11H2,1H3. The molecule has 5 nitrogen and oxygen atoms in total. The Morgan fingerprint density at radius 2 is 2.12 bits per heavy atom. The van der Waals surface area contributed by atoms with Crippen molar-refractivity contribution in [3.8, 4) is 5.75 Å². The van der Waals surface area contributed by atoms with Gasteiger partial charge in [-0.1, -0.05) is 0 Å². The summed E-state index contributed by atoms with van der Waals surface area (Å²) in [6.07, 6.45) is 1.16. The van der Waals surface area contributed by atoms with Crippen LogP contribution in [-0.4, -0.2) is 34.0 Å². The molecule has 0 saturated carbocycles. The molecule has 1 aromatic rings. The van der Waals surface area contributed by atoms with Crippen molar-refractivity contribution in [2.75, 3.05) is 25.2 Å². The molecule has 0 spiro atoms. The highest BCUT2D eigenvalue weighted by molar-refractivity contribution is 7.90. The Labute approximate surface area is 94.1 Å². The summed E-state index contributed by atoms with van der Waals surface area (Å²) in [6.45, 7) is 1.10. The van der Waals surface area contributed by atoms with Crippen LogP contribution in [0.1, 0.15) is 0 Å². The molecular formula is C10H13NO4S. The van der Waals surface area contributed by atoms with Crippen LogP contribution in [0.15, 0.2) is 23.1 Å².